The van der Waals surface area contributed by atoms with Gasteiger partial charge in [0.1, 0.15) is 12.4 Å². The van der Waals surface area contributed by atoms with E-state index in [9.17, 15) is 4.79 Å². The second-order valence-electron chi connectivity index (χ2n) is 4.73. The second-order valence-corrected chi connectivity index (χ2v) is 4.73. The van der Waals surface area contributed by atoms with E-state index in [2.05, 4.69) is 11.9 Å². The third-order valence-corrected chi connectivity index (χ3v) is 3.24. The van der Waals surface area contributed by atoms with Gasteiger partial charge in [-0.15, -0.1) is 0 Å². The van der Waals surface area contributed by atoms with Gasteiger partial charge in [-0.3, -0.25) is 9.69 Å². The van der Waals surface area contributed by atoms with Gasteiger partial charge in [-0.25, -0.2) is 0 Å². The molecule has 1 saturated heterocycles. The molecule has 104 valence electrons. The Morgan fingerprint density at radius 2 is 2.11 bits per heavy atom. The molecule has 1 aromatic carbocycles. The van der Waals surface area contributed by atoms with Crippen molar-refractivity contribution >= 4 is 5.97 Å². The highest BCUT2D eigenvalue weighted by Crippen LogP contribution is 2.13. The van der Waals surface area contributed by atoms with E-state index in [0.717, 1.165) is 31.1 Å². The van der Waals surface area contributed by atoms with Crippen LogP contribution in [0.5, 0.6) is 5.75 Å². The number of carboxylic acid groups (broad SMARTS) is 1. The average Bonchev–Trinajstić information content (AvgIpc) is 2.28. The van der Waals surface area contributed by atoms with Crippen molar-refractivity contribution < 1.29 is 19.4 Å². The quantitative estimate of drug-likeness (QED) is 0.797. The smallest absolute Gasteiger partial charge is 0.307 e. The lowest BCUT2D eigenvalue weighted by atomic mass is 10.1. The molecule has 19 heavy (non-hydrogen) atoms. The van der Waals surface area contributed by atoms with Crippen molar-refractivity contribution in [1.82, 2.24) is 4.90 Å². The van der Waals surface area contributed by atoms with Crippen molar-refractivity contribution in [2.45, 2.75) is 12.5 Å². The Labute approximate surface area is 112 Å². The Hall–Kier alpha value is -1.59. The highest BCUT2D eigenvalue weighted by Gasteiger charge is 2.22. The van der Waals surface area contributed by atoms with E-state index < -0.39 is 5.97 Å². The van der Waals surface area contributed by atoms with Gasteiger partial charge in [-0.1, -0.05) is 12.1 Å². The Morgan fingerprint density at radius 1 is 1.42 bits per heavy atom. The number of carbonyl (C=O) groups is 1. The number of carboxylic acids is 1. The van der Waals surface area contributed by atoms with Crippen molar-refractivity contribution in [2.24, 2.45) is 0 Å². The van der Waals surface area contributed by atoms with Crippen molar-refractivity contribution in [3.05, 3.63) is 29.8 Å². The SMILES string of the molecule is CN(CCOc1ccc(CC(=O)O)cc1)C1COC1. The van der Waals surface area contributed by atoms with Crippen LogP contribution in [0.4, 0.5) is 0 Å². The lowest BCUT2D eigenvalue weighted by Gasteiger charge is -2.34. The summed E-state index contributed by atoms with van der Waals surface area (Å²) >= 11 is 0. The van der Waals surface area contributed by atoms with Gasteiger partial charge in [-0.2, -0.15) is 0 Å². The molecule has 5 nitrogen and oxygen atoms in total. The molecule has 2 rings (SSSR count). The molecule has 1 N–H and O–H groups in total. The molecular formula is C14H19NO4. The van der Waals surface area contributed by atoms with Crippen molar-refractivity contribution in [3.63, 3.8) is 0 Å². The van der Waals surface area contributed by atoms with Crippen molar-refractivity contribution in [2.75, 3.05) is 33.4 Å². The second kappa shape index (κ2) is 6.54. The fraction of sp³-hybridized carbons (Fsp3) is 0.500. The number of nitrogens with zero attached hydrogens (tertiary/aromatic N) is 1. The van der Waals surface area contributed by atoms with Crippen LogP contribution < -0.4 is 4.74 Å². The fourth-order valence-corrected chi connectivity index (χ4v) is 1.85. The Balaban J connectivity index is 1.71. The monoisotopic (exact) mass is 265 g/mol. The first-order valence-corrected chi connectivity index (χ1v) is 6.36. The molecule has 1 aromatic rings. The van der Waals surface area contributed by atoms with Crippen LogP contribution in [0.15, 0.2) is 24.3 Å². The van der Waals surface area contributed by atoms with E-state index in [1.165, 1.54) is 0 Å². The van der Waals surface area contributed by atoms with E-state index in [4.69, 9.17) is 14.6 Å². The zero-order valence-corrected chi connectivity index (χ0v) is 11.0. The summed E-state index contributed by atoms with van der Waals surface area (Å²) in [7, 11) is 2.06. The molecule has 0 aliphatic carbocycles. The summed E-state index contributed by atoms with van der Waals surface area (Å²) in [5.41, 5.74) is 0.781. The lowest BCUT2D eigenvalue weighted by Crippen LogP contribution is -2.48. The number of hydrogen-bond acceptors (Lipinski definition) is 4. The maximum Gasteiger partial charge on any atom is 0.307 e. The molecule has 0 spiro atoms. The first kappa shape index (κ1) is 13.8. The normalized spacial score (nSPS) is 15.3. The highest BCUT2D eigenvalue weighted by molar-refractivity contribution is 5.70. The first-order chi connectivity index (χ1) is 9.15. The molecule has 5 heteroatoms. The predicted octanol–water partition coefficient (Wildman–Crippen LogP) is 1.02. The zero-order chi connectivity index (χ0) is 13.7. The average molecular weight is 265 g/mol. The molecule has 0 bridgehead atoms. The molecule has 0 atom stereocenters. The minimum Gasteiger partial charge on any atom is -0.492 e. The maximum absolute atomic E-state index is 10.6. The standard InChI is InChI=1S/C14H19NO4/c1-15(12-9-18-10-12)6-7-19-13-4-2-11(3-5-13)8-14(16)17/h2-5,12H,6-10H2,1H3,(H,16,17). The van der Waals surface area contributed by atoms with Gasteiger partial charge in [0, 0.05) is 6.54 Å². The number of aliphatic carboxylic acids is 1. The predicted molar refractivity (Wildman–Crippen MR) is 70.5 cm³/mol. The molecular weight excluding hydrogens is 246 g/mol. The van der Waals surface area contributed by atoms with Crippen LogP contribution in [-0.2, 0) is 16.0 Å². The summed E-state index contributed by atoms with van der Waals surface area (Å²) in [5.74, 6) is -0.0505. The molecule has 0 radical (unpaired) electrons. The fourth-order valence-electron chi connectivity index (χ4n) is 1.85. The van der Waals surface area contributed by atoms with Gasteiger partial charge in [0.2, 0.25) is 0 Å². The van der Waals surface area contributed by atoms with E-state index in [1.807, 2.05) is 12.1 Å². The zero-order valence-electron chi connectivity index (χ0n) is 11.0. The maximum atomic E-state index is 10.6. The van der Waals surface area contributed by atoms with Crippen LogP contribution in [0, 0.1) is 0 Å². The summed E-state index contributed by atoms with van der Waals surface area (Å²) in [6.45, 7) is 3.08. The number of hydrogen-bond donors (Lipinski definition) is 1. The van der Waals surface area contributed by atoms with Gasteiger partial charge in [0.05, 0.1) is 25.7 Å². The number of likely N-dealkylation sites (N-methyl/N-ethyl adjacent to an activating group) is 1. The van der Waals surface area contributed by atoms with Crippen LogP contribution in [0.1, 0.15) is 5.56 Å². The third kappa shape index (κ3) is 4.22. The van der Waals surface area contributed by atoms with Gasteiger partial charge in [-0.05, 0) is 24.7 Å². The third-order valence-electron chi connectivity index (χ3n) is 3.24. The molecule has 1 heterocycles. The number of rotatable bonds is 7. The molecule has 1 fully saturated rings. The van der Waals surface area contributed by atoms with Crippen LogP contribution in [0.3, 0.4) is 0 Å². The largest absolute Gasteiger partial charge is 0.492 e. The van der Waals surface area contributed by atoms with Crippen LogP contribution in [0.25, 0.3) is 0 Å². The molecule has 0 saturated carbocycles. The molecule has 0 unspecified atom stereocenters. The summed E-state index contributed by atoms with van der Waals surface area (Å²) in [5, 5.41) is 8.67. The van der Waals surface area contributed by atoms with Crippen LogP contribution >= 0.6 is 0 Å². The van der Waals surface area contributed by atoms with Gasteiger partial charge >= 0.3 is 5.97 Å². The van der Waals surface area contributed by atoms with E-state index in [0.29, 0.717) is 12.6 Å². The number of ether oxygens (including phenoxy) is 2. The molecule has 1 aliphatic rings. The minimum atomic E-state index is -0.821. The molecule has 1 aliphatic heterocycles. The Morgan fingerprint density at radius 3 is 2.63 bits per heavy atom. The lowest BCUT2D eigenvalue weighted by molar-refractivity contribution is -0.136. The molecule has 0 amide bonds. The summed E-state index contributed by atoms with van der Waals surface area (Å²) in [6, 6.07) is 7.71. The van der Waals surface area contributed by atoms with E-state index in [1.54, 1.807) is 12.1 Å². The molecule has 0 aromatic heterocycles. The van der Waals surface area contributed by atoms with Crippen LogP contribution in [-0.4, -0.2) is 55.4 Å². The van der Waals surface area contributed by atoms with Gasteiger partial charge < -0.3 is 14.6 Å². The van der Waals surface area contributed by atoms with Gasteiger partial charge in [0.25, 0.3) is 0 Å². The highest BCUT2D eigenvalue weighted by atomic mass is 16.5. The minimum absolute atomic E-state index is 0.0463. The van der Waals surface area contributed by atoms with Crippen molar-refractivity contribution in [1.29, 1.82) is 0 Å². The van der Waals surface area contributed by atoms with E-state index in [-0.39, 0.29) is 6.42 Å². The Bertz CT molecular complexity index is 414. The summed E-state index contributed by atoms with van der Waals surface area (Å²) < 4.78 is 10.8. The van der Waals surface area contributed by atoms with Gasteiger partial charge in [0.15, 0.2) is 0 Å². The summed E-state index contributed by atoms with van der Waals surface area (Å²) in [4.78, 5) is 12.8. The Kier molecular flexibility index (Phi) is 4.76. The topological polar surface area (TPSA) is 59.0 Å². The number of benzene rings is 1. The summed E-state index contributed by atoms with van der Waals surface area (Å²) in [6.07, 6.45) is 0.0463. The first-order valence-electron chi connectivity index (χ1n) is 6.36. The van der Waals surface area contributed by atoms with Crippen LogP contribution in [0.2, 0.25) is 0 Å². The van der Waals surface area contributed by atoms with Crippen molar-refractivity contribution in [3.8, 4) is 5.75 Å². The van der Waals surface area contributed by atoms with E-state index >= 15 is 0 Å².